The maximum absolute atomic E-state index is 12.3. The molecule has 0 unspecified atom stereocenters. The SMILES string of the molecule is Cc1ccc(C(=O)NCCNc2cc(Nc3ccccn3)nc(C)n2)c(C)c1. The molecular weight excluding hydrogens is 352 g/mol. The third kappa shape index (κ3) is 5.26. The van der Waals surface area contributed by atoms with E-state index in [-0.39, 0.29) is 5.91 Å². The van der Waals surface area contributed by atoms with Crippen molar-refractivity contribution in [2.24, 2.45) is 0 Å². The van der Waals surface area contributed by atoms with Crippen LogP contribution in [0.5, 0.6) is 0 Å². The summed E-state index contributed by atoms with van der Waals surface area (Å²) in [4.78, 5) is 25.3. The van der Waals surface area contributed by atoms with E-state index in [4.69, 9.17) is 0 Å². The van der Waals surface area contributed by atoms with Crippen LogP contribution in [0.25, 0.3) is 0 Å². The number of hydrogen-bond acceptors (Lipinski definition) is 6. The molecule has 2 aromatic heterocycles. The monoisotopic (exact) mass is 376 g/mol. The van der Waals surface area contributed by atoms with Crippen LogP contribution in [-0.2, 0) is 0 Å². The number of pyridine rings is 1. The average molecular weight is 376 g/mol. The fraction of sp³-hybridized carbons (Fsp3) is 0.238. The van der Waals surface area contributed by atoms with Crippen LogP contribution in [0.1, 0.15) is 27.3 Å². The zero-order valence-electron chi connectivity index (χ0n) is 16.3. The topological polar surface area (TPSA) is 91.8 Å². The van der Waals surface area contributed by atoms with Crippen molar-refractivity contribution in [1.82, 2.24) is 20.3 Å². The zero-order chi connectivity index (χ0) is 19.9. The lowest BCUT2D eigenvalue weighted by molar-refractivity contribution is 0.0954. The van der Waals surface area contributed by atoms with Crippen LogP contribution < -0.4 is 16.0 Å². The summed E-state index contributed by atoms with van der Waals surface area (Å²) in [5.41, 5.74) is 2.82. The average Bonchev–Trinajstić information content (AvgIpc) is 2.65. The Morgan fingerprint density at radius 2 is 1.75 bits per heavy atom. The molecule has 0 aliphatic carbocycles. The summed E-state index contributed by atoms with van der Waals surface area (Å²) in [5, 5.41) is 9.30. The molecule has 7 heteroatoms. The van der Waals surface area contributed by atoms with Gasteiger partial charge >= 0.3 is 0 Å². The zero-order valence-corrected chi connectivity index (χ0v) is 16.3. The summed E-state index contributed by atoms with van der Waals surface area (Å²) in [5.74, 6) is 2.63. The molecule has 0 radical (unpaired) electrons. The fourth-order valence-corrected chi connectivity index (χ4v) is 2.82. The molecular formula is C21H24N6O. The molecule has 0 fully saturated rings. The van der Waals surface area contributed by atoms with Gasteiger partial charge in [-0.15, -0.1) is 0 Å². The van der Waals surface area contributed by atoms with Crippen molar-refractivity contribution >= 4 is 23.4 Å². The molecule has 0 spiro atoms. The highest BCUT2D eigenvalue weighted by molar-refractivity contribution is 5.95. The Bertz CT molecular complexity index is 958. The fourth-order valence-electron chi connectivity index (χ4n) is 2.82. The van der Waals surface area contributed by atoms with Crippen molar-refractivity contribution in [2.45, 2.75) is 20.8 Å². The normalized spacial score (nSPS) is 10.4. The summed E-state index contributed by atoms with van der Waals surface area (Å²) in [6.07, 6.45) is 1.72. The maximum Gasteiger partial charge on any atom is 0.251 e. The predicted octanol–water partition coefficient (Wildman–Crippen LogP) is 3.38. The lowest BCUT2D eigenvalue weighted by Gasteiger charge is -2.11. The molecule has 28 heavy (non-hydrogen) atoms. The van der Waals surface area contributed by atoms with Gasteiger partial charge in [-0.25, -0.2) is 15.0 Å². The number of nitrogens with zero attached hydrogens (tertiary/aromatic N) is 3. The largest absolute Gasteiger partial charge is 0.368 e. The smallest absolute Gasteiger partial charge is 0.251 e. The van der Waals surface area contributed by atoms with Gasteiger partial charge in [0.2, 0.25) is 0 Å². The number of carbonyl (C=O) groups excluding carboxylic acids is 1. The quantitative estimate of drug-likeness (QED) is 0.548. The molecule has 0 aliphatic heterocycles. The van der Waals surface area contributed by atoms with Crippen molar-refractivity contribution in [2.75, 3.05) is 23.7 Å². The standard InChI is InChI=1S/C21H24N6O/c1-14-7-8-17(15(2)12-14)21(28)24-11-10-23-19-13-20(26-16(3)25-19)27-18-6-4-5-9-22-18/h4-9,12-13H,10-11H2,1-3H3,(H,24,28)(H2,22,23,25,26,27). The van der Waals surface area contributed by atoms with Gasteiger partial charge in [0, 0.05) is 30.9 Å². The first-order chi connectivity index (χ1) is 13.5. The van der Waals surface area contributed by atoms with E-state index in [1.165, 1.54) is 0 Å². The van der Waals surface area contributed by atoms with Gasteiger partial charge < -0.3 is 16.0 Å². The van der Waals surface area contributed by atoms with Crippen LogP contribution >= 0.6 is 0 Å². The van der Waals surface area contributed by atoms with Gasteiger partial charge in [-0.3, -0.25) is 4.79 Å². The van der Waals surface area contributed by atoms with Crippen LogP contribution in [0.15, 0.2) is 48.7 Å². The van der Waals surface area contributed by atoms with Gasteiger partial charge in [-0.05, 0) is 44.5 Å². The molecule has 0 atom stereocenters. The Hall–Kier alpha value is -3.48. The van der Waals surface area contributed by atoms with Crippen molar-refractivity contribution in [3.05, 3.63) is 71.2 Å². The number of amides is 1. The van der Waals surface area contributed by atoms with E-state index in [9.17, 15) is 4.79 Å². The highest BCUT2D eigenvalue weighted by atomic mass is 16.1. The number of carbonyl (C=O) groups is 1. The second-order valence-corrected chi connectivity index (χ2v) is 6.53. The minimum atomic E-state index is -0.0734. The molecule has 144 valence electrons. The number of rotatable bonds is 7. The maximum atomic E-state index is 12.3. The van der Waals surface area contributed by atoms with E-state index in [1.807, 2.05) is 63.2 Å². The van der Waals surface area contributed by atoms with Gasteiger partial charge in [0.15, 0.2) is 0 Å². The minimum absolute atomic E-state index is 0.0734. The first kappa shape index (κ1) is 19.3. The van der Waals surface area contributed by atoms with E-state index < -0.39 is 0 Å². The molecule has 0 saturated carbocycles. The second kappa shape index (κ2) is 8.94. The van der Waals surface area contributed by atoms with E-state index in [0.29, 0.717) is 41.9 Å². The van der Waals surface area contributed by atoms with E-state index in [0.717, 1.165) is 11.1 Å². The van der Waals surface area contributed by atoms with Crippen molar-refractivity contribution in [3.63, 3.8) is 0 Å². The first-order valence-electron chi connectivity index (χ1n) is 9.14. The molecule has 1 amide bonds. The molecule has 2 heterocycles. The number of aryl methyl sites for hydroxylation is 3. The van der Waals surface area contributed by atoms with Crippen LogP contribution in [0.3, 0.4) is 0 Å². The number of nitrogens with one attached hydrogen (secondary N) is 3. The summed E-state index contributed by atoms with van der Waals surface area (Å²) >= 11 is 0. The highest BCUT2D eigenvalue weighted by Crippen LogP contribution is 2.15. The first-order valence-corrected chi connectivity index (χ1v) is 9.14. The van der Waals surface area contributed by atoms with E-state index >= 15 is 0 Å². The molecule has 3 N–H and O–H groups in total. The second-order valence-electron chi connectivity index (χ2n) is 6.53. The minimum Gasteiger partial charge on any atom is -0.368 e. The van der Waals surface area contributed by atoms with Gasteiger partial charge in [-0.1, -0.05) is 23.8 Å². The van der Waals surface area contributed by atoms with Gasteiger partial charge in [0.05, 0.1) is 0 Å². The molecule has 3 rings (SSSR count). The molecule has 7 nitrogen and oxygen atoms in total. The van der Waals surface area contributed by atoms with Crippen molar-refractivity contribution in [3.8, 4) is 0 Å². The Morgan fingerprint density at radius 3 is 2.50 bits per heavy atom. The summed E-state index contributed by atoms with van der Waals surface area (Å²) in [7, 11) is 0. The Morgan fingerprint density at radius 1 is 0.929 bits per heavy atom. The molecule has 3 aromatic rings. The van der Waals surface area contributed by atoms with Gasteiger partial charge in [0.25, 0.3) is 5.91 Å². The van der Waals surface area contributed by atoms with Crippen molar-refractivity contribution in [1.29, 1.82) is 0 Å². The third-order valence-corrected chi connectivity index (χ3v) is 4.10. The number of aromatic nitrogens is 3. The van der Waals surface area contributed by atoms with Crippen LogP contribution in [0.2, 0.25) is 0 Å². The van der Waals surface area contributed by atoms with E-state index in [1.54, 1.807) is 6.20 Å². The third-order valence-electron chi connectivity index (χ3n) is 4.10. The Kier molecular flexibility index (Phi) is 6.16. The number of benzene rings is 1. The molecule has 1 aromatic carbocycles. The van der Waals surface area contributed by atoms with Crippen LogP contribution in [0, 0.1) is 20.8 Å². The van der Waals surface area contributed by atoms with Crippen LogP contribution in [-0.4, -0.2) is 33.9 Å². The Labute approximate surface area is 164 Å². The van der Waals surface area contributed by atoms with Gasteiger partial charge in [-0.2, -0.15) is 0 Å². The highest BCUT2D eigenvalue weighted by Gasteiger charge is 2.08. The molecule has 0 saturated heterocycles. The number of hydrogen-bond donors (Lipinski definition) is 3. The lowest BCUT2D eigenvalue weighted by Crippen LogP contribution is -2.29. The van der Waals surface area contributed by atoms with Crippen molar-refractivity contribution < 1.29 is 4.79 Å². The molecule has 0 aliphatic rings. The van der Waals surface area contributed by atoms with Crippen LogP contribution in [0.4, 0.5) is 17.5 Å². The van der Waals surface area contributed by atoms with Gasteiger partial charge in [0.1, 0.15) is 23.3 Å². The lowest BCUT2D eigenvalue weighted by atomic mass is 10.1. The summed E-state index contributed by atoms with van der Waals surface area (Å²) in [6.45, 7) is 6.82. The predicted molar refractivity (Wildman–Crippen MR) is 111 cm³/mol. The molecule has 0 bridgehead atoms. The van der Waals surface area contributed by atoms with E-state index in [2.05, 4.69) is 30.9 Å². The Balaban J connectivity index is 1.54. The number of anilines is 3. The summed E-state index contributed by atoms with van der Waals surface area (Å²) in [6, 6.07) is 13.3. The summed E-state index contributed by atoms with van der Waals surface area (Å²) < 4.78 is 0.